The zero-order valence-electron chi connectivity index (χ0n) is 14.2. The second-order valence-corrected chi connectivity index (χ2v) is 7.75. The van der Waals surface area contributed by atoms with Gasteiger partial charge in [0, 0.05) is 27.8 Å². The average Bonchev–Trinajstić information content (AvgIpc) is 2.54. The van der Waals surface area contributed by atoms with Crippen LogP contribution in [-0.4, -0.2) is 41.2 Å². The molecule has 0 saturated carbocycles. The predicted octanol–water partition coefficient (Wildman–Crippen LogP) is 4.15. The Hall–Kier alpha value is -1.20. The maximum Gasteiger partial charge on any atom is 0.307 e. The predicted molar refractivity (Wildman–Crippen MR) is 97.4 cm³/mol. The Bertz CT molecular complexity index is 554. The number of benzene rings is 1. The number of esters is 1. The Kier molecular flexibility index (Phi) is 7.43. The zero-order chi connectivity index (χ0) is 17.5. The number of hydrogen-bond donors (Lipinski definition) is 0. The van der Waals surface area contributed by atoms with Gasteiger partial charge in [-0.25, -0.2) is 0 Å². The molecule has 1 heterocycles. The number of hydrogen-bond acceptors (Lipinski definition) is 4. The molecule has 132 valence electrons. The molecule has 0 N–H and O–H groups in total. The lowest BCUT2D eigenvalue weighted by atomic mass is 9.97. The number of likely N-dealkylation sites (tertiary alicyclic amines) is 1. The van der Waals surface area contributed by atoms with Crippen molar-refractivity contribution in [1.29, 1.82) is 0 Å². The van der Waals surface area contributed by atoms with Gasteiger partial charge in [-0.05, 0) is 57.4 Å². The Labute approximate surface area is 152 Å². The highest BCUT2D eigenvalue weighted by atomic mass is 35.5. The maximum atomic E-state index is 12.3. The van der Waals surface area contributed by atoms with Crippen LogP contribution in [0.2, 0.25) is 5.02 Å². The van der Waals surface area contributed by atoms with Crippen LogP contribution in [0.25, 0.3) is 0 Å². The van der Waals surface area contributed by atoms with Gasteiger partial charge in [0.05, 0.1) is 6.42 Å². The van der Waals surface area contributed by atoms with Crippen molar-refractivity contribution in [2.75, 3.05) is 12.4 Å². The number of carbonyl (C=O) groups is 2. The summed E-state index contributed by atoms with van der Waals surface area (Å²) in [6.07, 6.45) is 3.46. The van der Waals surface area contributed by atoms with Crippen molar-refractivity contribution in [3.8, 4) is 0 Å². The second kappa shape index (κ2) is 9.33. The standard InChI is InChI=1S/C18H24ClNO3S/c1-13-4-3-5-14(2)20(13)17(21)12-23-18(22)10-11-24-16-8-6-15(19)7-9-16/h6-9,13-14H,3-5,10-12H2,1-2H3/t13-,14+. The van der Waals surface area contributed by atoms with Crippen molar-refractivity contribution >= 4 is 35.2 Å². The summed E-state index contributed by atoms with van der Waals surface area (Å²) in [5.41, 5.74) is 0. The fourth-order valence-corrected chi connectivity index (χ4v) is 3.94. The van der Waals surface area contributed by atoms with Crippen LogP contribution in [0, 0.1) is 0 Å². The zero-order valence-corrected chi connectivity index (χ0v) is 15.7. The minimum atomic E-state index is -0.331. The largest absolute Gasteiger partial charge is 0.456 e. The van der Waals surface area contributed by atoms with E-state index in [0.717, 1.165) is 24.2 Å². The summed E-state index contributed by atoms with van der Waals surface area (Å²) in [4.78, 5) is 27.0. The molecule has 4 nitrogen and oxygen atoms in total. The van der Waals surface area contributed by atoms with Crippen molar-refractivity contribution in [2.45, 2.75) is 56.5 Å². The van der Waals surface area contributed by atoms with Crippen molar-refractivity contribution in [3.63, 3.8) is 0 Å². The summed E-state index contributed by atoms with van der Waals surface area (Å²) in [5.74, 6) is 0.195. The lowest BCUT2D eigenvalue weighted by Crippen LogP contribution is -2.49. The minimum Gasteiger partial charge on any atom is -0.456 e. The van der Waals surface area contributed by atoms with Crippen LogP contribution < -0.4 is 0 Å². The van der Waals surface area contributed by atoms with Crippen LogP contribution in [0.4, 0.5) is 0 Å². The number of amides is 1. The highest BCUT2D eigenvalue weighted by Crippen LogP contribution is 2.23. The van der Waals surface area contributed by atoms with E-state index >= 15 is 0 Å². The first-order valence-electron chi connectivity index (χ1n) is 8.32. The summed E-state index contributed by atoms with van der Waals surface area (Å²) in [7, 11) is 0. The molecule has 1 aliphatic rings. The number of nitrogens with zero attached hydrogens (tertiary/aromatic N) is 1. The maximum absolute atomic E-state index is 12.3. The van der Waals surface area contributed by atoms with Crippen molar-refractivity contribution in [2.24, 2.45) is 0 Å². The molecule has 6 heteroatoms. The van der Waals surface area contributed by atoms with E-state index in [2.05, 4.69) is 13.8 Å². The molecule has 0 bridgehead atoms. The molecule has 1 aromatic rings. The molecule has 1 aromatic carbocycles. The average molecular weight is 370 g/mol. The summed E-state index contributed by atoms with van der Waals surface area (Å²) in [6, 6.07) is 7.92. The number of ether oxygens (including phenoxy) is 1. The van der Waals surface area contributed by atoms with E-state index < -0.39 is 0 Å². The van der Waals surface area contributed by atoms with Gasteiger partial charge >= 0.3 is 5.97 Å². The van der Waals surface area contributed by atoms with E-state index in [1.165, 1.54) is 0 Å². The molecule has 0 aliphatic carbocycles. The lowest BCUT2D eigenvalue weighted by molar-refractivity contribution is -0.154. The molecular weight excluding hydrogens is 346 g/mol. The van der Waals surface area contributed by atoms with E-state index in [9.17, 15) is 9.59 Å². The molecule has 0 unspecified atom stereocenters. The smallest absolute Gasteiger partial charge is 0.307 e. The van der Waals surface area contributed by atoms with Crippen LogP contribution in [0.5, 0.6) is 0 Å². The SMILES string of the molecule is C[C@@H]1CCC[C@H](C)N1C(=O)COC(=O)CCSc1ccc(Cl)cc1. The van der Waals surface area contributed by atoms with Gasteiger partial charge in [0.1, 0.15) is 0 Å². The summed E-state index contributed by atoms with van der Waals surface area (Å²) in [6.45, 7) is 3.95. The van der Waals surface area contributed by atoms with Gasteiger partial charge in [-0.15, -0.1) is 11.8 Å². The van der Waals surface area contributed by atoms with E-state index in [4.69, 9.17) is 16.3 Å². The van der Waals surface area contributed by atoms with Gasteiger partial charge in [-0.2, -0.15) is 0 Å². The third kappa shape index (κ3) is 5.71. The molecule has 1 fully saturated rings. The quantitative estimate of drug-likeness (QED) is 0.558. The van der Waals surface area contributed by atoms with Crippen molar-refractivity contribution < 1.29 is 14.3 Å². The number of thioether (sulfide) groups is 1. The van der Waals surface area contributed by atoms with E-state index in [1.54, 1.807) is 11.8 Å². The Morgan fingerprint density at radius 3 is 2.46 bits per heavy atom. The molecule has 1 saturated heterocycles. The molecule has 24 heavy (non-hydrogen) atoms. The van der Waals surface area contributed by atoms with Gasteiger partial charge in [0.2, 0.25) is 0 Å². The fraction of sp³-hybridized carbons (Fsp3) is 0.556. The van der Waals surface area contributed by atoms with Crippen molar-refractivity contribution in [3.05, 3.63) is 29.3 Å². The third-order valence-corrected chi connectivity index (χ3v) is 5.49. The summed E-state index contributed by atoms with van der Waals surface area (Å²) in [5, 5.41) is 0.693. The van der Waals surface area contributed by atoms with Crippen LogP contribution in [0.15, 0.2) is 29.2 Å². The third-order valence-electron chi connectivity index (χ3n) is 4.23. The van der Waals surface area contributed by atoms with E-state index in [0.29, 0.717) is 10.8 Å². The highest BCUT2D eigenvalue weighted by molar-refractivity contribution is 7.99. The van der Waals surface area contributed by atoms with Crippen LogP contribution in [0.1, 0.15) is 39.5 Å². The number of carbonyl (C=O) groups excluding carboxylic acids is 2. The number of halogens is 1. The van der Waals surface area contributed by atoms with E-state index in [1.807, 2.05) is 29.2 Å². The molecule has 1 aliphatic heterocycles. The van der Waals surface area contributed by atoms with Crippen molar-refractivity contribution in [1.82, 2.24) is 4.90 Å². The summed E-state index contributed by atoms with van der Waals surface area (Å²) < 4.78 is 5.15. The Balaban J connectivity index is 1.68. The normalized spacial score (nSPS) is 20.7. The van der Waals surface area contributed by atoms with Gasteiger partial charge in [0.15, 0.2) is 6.61 Å². The van der Waals surface area contributed by atoms with Crippen LogP contribution >= 0.6 is 23.4 Å². The Morgan fingerprint density at radius 1 is 1.21 bits per heavy atom. The van der Waals surface area contributed by atoms with Gasteiger partial charge in [0.25, 0.3) is 5.91 Å². The van der Waals surface area contributed by atoms with Crippen LogP contribution in [0.3, 0.4) is 0 Å². The number of rotatable bonds is 6. The van der Waals surface area contributed by atoms with Gasteiger partial charge in [-0.3, -0.25) is 9.59 Å². The van der Waals surface area contributed by atoms with E-state index in [-0.39, 0.29) is 37.0 Å². The minimum absolute atomic E-state index is 0.0894. The topological polar surface area (TPSA) is 46.6 Å². The summed E-state index contributed by atoms with van der Waals surface area (Å²) >= 11 is 7.40. The molecule has 2 rings (SSSR count). The molecule has 1 amide bonds. The second-order valence-electron chi connectivity index (χ2n) is 6.14. The molecule has 0 radical (unpaired) electrons. The first kappa shape index (κ1) is 19.1. The first-order chi connectivity index (χ1) is 11.5. The van der Waals surface area contributed by atoms with Gasteiger partial charge < -0.3 is 9.64 Å². The molecule has 2 atom stereocenters. The Morgan fingerprint density at radius 2 is 1.83 bits per heavy atom. The first-order valence-corrected chi connectivity index (χ1v) is 9.69. The molecular formula is C18H24ClNO3S. The molecule has 0 spiro atoms. The number of piperidine rings is 1. The van der Waals surface area contributed by atoms with Gasteiger partial charge in [-0.1, -0.05) is 11.6 Å². The monoisotopic (exact) mass is 369 g/mol. The van der Waals surface area contributed by atoms with Crippen LogP contribution in [-0.2, 0) is 14.3 Å². The lowest BCUT2D eigenvalue weighted by Gasteiger charge is -2.38. The highest BCUT2D eigenvalue weighted by Gasteiger charge is 2.29. The molecule has 0 aromatic heterocycles. The fourth-order valence-electron chi connectivity index (χ4n) is 2.98.